The summed E-state index contributed by atoms with van der Waals surface area (Å²) in [5, 5.41) is 4.17. The molecule has 0 aliphatic carbocycles. The van der Waals surface area contributed by atoms with E-state index in [1.54, 1.807) is 12.4 Å². The number of rotatable bonds is 6. The van der Waals surface area contributed by atoms with Gasteiger partial charge in [0.15, 0.2) is 0 Å². The van der Waals surface area contributed by atoms with Gasteiger partial charge in [0.25, 0.3) is 0 Å². The smallest absolute Gasteiger partial charge is 0.220 e. The molecule has 3 rings (SSSR count). The maximum Gasteiger partial charge on any atom is 0.220 e. The number of pyridine rings is 1. The number of amides is 1. The van der Waals surface area contributed by atoms with Gasteiger partial charge in [0.05, 0.1) is 0 Å². The number of hydrogen-bond acceptors (Lipinski definition) is 2. The first kappa shape index (κ1) is 15.3. The summed E-state index contributed by atoms with van der Waals surface area (Å²) in [6, 6.07) is 12.4. The quantitative estimate of drug-likeness (QED) is 0.759. The SMILES string of the molecule is CCn1ccc2cc(CCC(=O)NCc3cccnc3)ccc21. The molecule has 1 aromatic carbocycles. The van der Waals surface area contributed by atoms with E-state index < -0.39 is 0 Å². The second-order valence-electron chi connectivity index (χ2n) is 5.63. The number of benzene rings is 1. The zero-order chi connectivity index (χ0) is 16.1. The average molecular weight is 307 g/mol. The number of nitrogens with one attached hydrogen (secondary N) is 1. The Hall–Kier alpha value is -2.62. The predicted octanol–water partition coefficient (Wildman–Crippen LogP) is 3.31. The highest BCUT2D eigenvalue weighted by atomic mass is 16.1. The summed E-state index contributed by atoms with van der Waals surface area (Å²) in [7, 11) is 0. The number of aryl methyl sites for hydroxylation is 2. The predicted molar refractivity (Wildman–Crippen MR) is 92.0 cm³/mol. The Kier molecular flexibility index (Phi) is 4.71. The molecule has 0 spiro atoms. The molecule has 0 bridgehead atoms. The van der Waals surface area contributed by atoms with E-state index in [-0.39, 0.29) is 5.91 Å². The normalized spacial score (nSPS) is 10.8. The summed E-state index contributed by atoms with van der Waals surface area (Å²) in [5.41, 5.74) is 3.46. The Morgan fingerprint density at radius 2 is 2.13 bits per heavy atom. The van der Waals surface area contributed by atoms with E-state index in [1.807, 2.05) is 12.1 Å². The van der Waals surface area contributed by atoms with Crippen LogP contribution in [0.15, 0.2) is 55.0 Å². The summed E-state index contributed by atoms with van der Waals surface area (Å²) in [5.74, 6) is 0.0695. The van der Waals surface area contributed by atoms with Gasteiger partial charge in [-0.15, -0.1) is 0 Å². The first-order valence-corrected chi connectivity index (χ1v) is 7.99. The number of fused-ring (bicyclic) bond motifs is 1. The first-order chi connectivity index (χ1) is 11.3. The topological polar surface area (TPSA) is 46.9 Å². The highest BCUT2D eigenvalue weighted by Crippen LogP contribution is 2.18. The van der Waals surface area contributed by atoms with Crippen LogP contribution in [-0.4, -0.2) is 15.5 Å². The Balaban J connectivity index is 1.54. The molecule has 2 heterocycles. The van der Waals surface area contributed by atoms with Gasteiger partial charge in [-0.05, 0) is 54.1 Å². The van der Waals surface area contributed by atoms with Crippen LogP contribution in [0.1, 0.15) is 24.5 Å². The van der Waals surface area contributed by atoms with E-state index in [0.29, 0.717) is 13.0 Å². The molecule has 0 aliphatic rings. The zero-order valence-corrected chi connectivity index (χ0v) is 13.3. The molecule has 118 valence electrons. The fourth-order valence-corrected chi connectivity index (χ4v) is 2.73. The molecular weight excluding hydrogens is 286 g/mol. The molecular formula is C19H21N3O. The lowest BCUT2D eigenvalue weighted by Gasteiger charge is -2.06. The number of carbonyl (C=O) groups is 1. The fourth-order valence-electron chi connectivity index (χ4n) is 2.73. The lowest BCUT2D eigenvalue weighted by molar-refractivity contribution is -0.121. The van der Waals surface area contributed by atoms with E-state index in [2.05, 4.69) is 52.3 Å². The van der Waals surface area contributed by atoms with Crippen LogP contribution < -0.4 is 5.32 Å². The standard InChI is InChI=1S/C19H21N3O/c1-2-22-11-9-17-12-15(5-7-18(17)22)6-8-19(23)21-14-16-4-3-10-20-13-16/h3-5,7,9-13H,2,6,8,14H2,1H3,(H,21,23). The van der Waals surface area contributed by atoms with Crippen molar-refractivity contribution >= 4 is 16.8 Å². The molecule has 0 saturated carbocycles. The van der Waals surface area contributed by atoms with Crippen molar-refractivity contribution in [1.82, 2.24) is 14.9 Å². The molecule has 4 heteroatoms. The van der Waals surface area contributed by atoms with E-state index in [9.17, 15) is 4.79 Å². The monoisotopic (exact) mass is 307 g/mol. The van der Waals surface area contributed by atoms with Gasteiger partial charge in [0, 0.05) is 43.6 Å². The third kappa shape index (κ3) is 3.77. The molecule has 0 unspecified atom stereocenters. The van der Waals surface area contributed by atoms with Crippen LogP contribution in [0, 0.1) is 0 Å². The summed E-state index contributed by atoms with van der Waals surface area (Å²) < 4.78 is 2.22. The van der Waals surface area contributed by atoms with E-state index in [0.717, 1.165) is 18.5 Å². The number of carbonyl (C=O) groups excluding carboxylic acids is 1. The fraction of sp³-hybridized carbons (Fsp3) is 0.263. The average Bonchev–Trinajstić information content (AvgIpc) is 3.01. The highest BCUT2D eigenvalue weighted by molar-refractivity contribution is 5.81. The van der Waals surface area contributed by atoms with Crippen molar-refractivity contribution in [2.45, 2.75) is 32.9 Å². The van der Waals surface area contributed by atoms with Crippen molar-refractivity contribution in [1.29, 1.82) is 0 Å². The van der Waals surface area contributed by atoms with Gasteiger partial charge in [-0.3, -0.25) is 9.78 Å². The third-order valence-corrected chi connectivity index (χ3v) is 4.03. The molecule has 1 N–H and O–H groups in total. The summed E-state index contributed by atoms with van der Waals surface area (Å²) in [4.78, 5) is 16.0. The van der Waals surface area contributed by atoms with Gasteiger partial charge in [-0.25, -0.2) is 0 Å². The molecule has 0 fully saturated rings. The zero-order valence-electron chi connectivity index (χ0n) is 13.3. The Labute approximate surface area is 136 Å². The van der Waals surface area contributed by atoms with Crippen molar-refractivity contribution in [2.24, 2.45) is 0 Å². The van der Waals surface area contributed by atoms with Gasteiger partial charge in [0.1, 0.15) is 0 Å². The van der Waals surface area contributed by atoms with Crippen LogP contribution in [0.4, 0.5) is 0 Å². The maximum absolute atomic E-state index is 12.0. The molecule has 23 heavy (non-hydrogen) atoms. The molecule has 0 saturated heterocycles. The van der Waals surface area contributed by atoms with Crippen molar-refractivity contribution in [3.05, 3.63) is 66.1 Å². The molecule has 0 atom stereocenters. The van der Waals surface area contributed by atoms with Crippen molar-refractivity contribution in [2.75, 3.05) is 0 Å². The third-order valence-electron chi connectivity index (χ3n) is 4.03. The first-order valence-electron chi connectivity index (χ1n) is 7.99. The van der Waals surface area contributed by atoms with Gasteiger partial charge in [-0.2, -0.15) is 0 Å². The van der Waals surface area contributed by atoms with E-state index >= 15 is 0 Å². The number of aromatic nitrogens is 2. The minimum absolute atomic E-state index is 0.0695. The molecule has 0 aliphatic heterocycles. The summed E-state index contributed by atoms with van der Waals surface area (Å²) in [6.45, 7) is 3.64. The number of hydrogen-bond donors (Lipinski definition) is 1. The minimum Gasteiger partial charge on any atom is -0.352 e. The second kappa shape index (κ2) is 7.09. The van der Waals surface area contributed by atoms with Crippen LogP contribution in [-0.2, 0) is 24.3 Å². The summed E-state index contributed by atoms with van der Waals surface area (Å²) in [6.07, 6.45) is 6.86. The second-order valence-corrected chi connectivity index (χ2v) is 5.63. The van der Waals surface area contributed by atoms with E-state index in [1.165, 1.54) is 16.5 Å². The molecule has 4 nitrogen and oxygen atoms in total. The van der Waals surface area contributed by atoms with Gasteiger partial charge >= 0.3 is 0 Å². The molecule has 3 aromatic rings. The maximum atomic E-state index is 12.0. The van der Waals surface area contributed by atoms with Crippen LogP contribution >= 0.6 is 0 Å². The van der Waals surface area contributed by atoms with Crippen LogP contribution in [0.3, 0.4) is 0 Å². The van der Waals surface area contributed by atoms with Crippen molar-refractivity contribution in [3.8, 4) is 0 Å². The molecule has 1 amide bonds. The highest BCUT2D eigenvalue weighted by Gasteiger charge is 2.05. The van der Waals surface area contributed by atoms with E-state index in [4.69, 9.17) is 0 Å². The largest absolute Gasteiger partial charge is 0.352 e. The number of nitrogens with zero attached hydrogens (tertiary/aromatic N) is 2. The summed E-state index contributed by atoms with van der Waals surface area (Å²) >= 11 is 0. The van der Waals surface area contributed by atoms with Crippen LogP contribution in [0.5, 0.6) is 0 Å². The van der Waals surface area contributed by atoms with Gasteiger partial charge in [-0.1, -0.05) is 12.1 Å². The lowest BCUT2D eigenvalue weighted by atomic mass is 10.1. The Morgan fingerprint density at radius 1 is 1.22 bits per heavy atom. The van der Waals surface area contributed by atoms with Gasteiger partial charge in [0.2, 0.25) is 5.91 Å². The lowest BCUT2D eigenvalue weighted by Crippen LogP contribution is -2.23. The van der Waals surface area contributed by atoms with Gasteiger partial charge < -0.3 is 9.88 Å². The molecule has 2 aromatic heterocycles. The minimum atomic E-state index is 0.0695. The Bertz CT molecular complexity index is 793. The van der Waals surface area contributed by atoms with Crippen molar-refractivity contribution in [3.63, 3.8) is 0 Å². The van der Waals surface area contributed by atoms with Crippen molar-refractivity contribution < 1.29 is 4.79 Å². The van der Waals surface area contributed by atoms with Crippen LogP contribution in [0.2, 0.25) is 0 Å². The van der Waals surface area contributed by atoms with Crippen LogP contribution in [0.25, 0.3) is 10.9 Å². The Morgan fingerprint density at radius 3 is 2.91 bits per heavy atom. The molecule has 0 radical (unpaired) electrons.